The summed E-state index contributed by atoms with van der Waals surface area (Å²) in [6.45, 7) is 9.61. The normalized spacial score (nSPS) is 13.5. The molecule has 1 aliphatic carbocycles. The van der Waals surface area contributed by atoms with Crippen LogP contribution in [-0.4, -0.2) is 0 Å². The minimum Gasteiger partial charge on any atom is -0.340 e. The lowest BCUT2D eigenvalue weighted by Crippen LogP contribution is -2.22. The van der Waals surface area contributed by atoms with Gasteiger partial charge in [0.2, 0.25) is 0 Å². The Morgan fingerprint density at radius 3 is 2.40 bits per heavy atom. The largest absolute Gasteiger partial charge is 0.340 e. The molecule has 0 N–H and O–H groups in total. The predicted octanol–water partition coefficient (Wildman–Crippen LogP) is 6.33. The van der Waals surface area contributed by atoms with Gasteiger partial charge in [0, 0.05) is 24.4 Å². The number of hydrogen-bond acceptors (Lipinski definition) is 1. The number of benzene rings is 2. The molecule has 0 heterocycles. The average molecular weight is 329 g/mol. The first-order chi connectivity index (χ1) is 12.0. The smallest absolute Gasteiger partial charge is 0.0478 e. The lowest BCUT2D eigenvalue weighted by molar-refractivity contribution is 0.879. The van der Waals surface area contributed by atoms with E-state index in [4.69, 9.17) is 0 Å². The molecule has 0 fully saturated rings. The standard InChI is InChI=1S/C24H27N/c1-18-11-14-24(21(4)15-18)25(23-9-7-5-6-8-10-23)17-22-13-12-19(2)20(3)16-22/h5-9,11-16H,10,17H2,1-4H3. The van der Waals surface area contributed by atoms with Crippen LogP contribution in [0.2, 0.25) is 0 Å². The molecule has 0 unspecified atom stereocenters. The molecule has 2 aromatic rings. The molecule has 25 heavy (non-hydrogen) atoms. The summed E-state index contributed by atoms with van der Waals surface area (Å²) in [7, 11) is 0. The first kappa shape index (κ1) is 17.3. The Balaban J connectivity index is 2.02. The van der Waals surface area contributed by atoms with Crippen LogP contribution in [0.25, 0.3) is 0 Å². The Kier molecular flexibility index (Phi) is 5.23. The van der Waals surface area contributed by atoms with Crippen LogP contribution in [0.5, 0.6) is 0 Å². The number of hydrogen-bond donors (Lipinski definition) is 0. The van der Waals surface area contributed by atoms with Gasteiger partial charge in [-0.2, -0.15) is 0 Å². The second-order valence-electron chi connectivity index (χ2n) is 6.97. The van der Waals surface area contributed by atoms with Crippen LogP contribution in [0.15, 0.2) is 72.5 Å². The van der Waals surface area contributed by atoms with Crippen LogP contribution < -0.4 is 4.90 Å². The van der Waals surface area contributed by atoms with E-state index in [1.165, 1.54) is 39.2 Å². The van der Waals surface area contributed by atoms with Crippen LogP contribution in [0.3, 0.4) is 0 Å². The molecule has 3 rings (SSSR count). The minimum absolute atomic E-state index is 0.887. The maximum Gasteiger partial charge on any atom is 0.0478 e. The van der Waals surface area contributed by atoms with Crippen LogP contribution in [0.4, 0.5) is 5.69 Å². The van der Waals surface area contributed by atoms with Crippen molar-refractivity contribution in [2.75, 3.05) is 4.90 Å². The van der Waals surface area contributed by atoms with Crippen LogP contribution in [-0.2, 0) is 6.54 Å². The van der Waals surface area contributed by atoms with Crippen molar-refractivity contribution >= 4 is 5.69 Å². The molecule has 0 aromatic heterocycles. The first-order valence-electron chi connectivity index (χ1n) is 8.98. The lowest BCUT2D eigenvalue weighted by atomic mass is 10.0. The van der Waals surface area contributed by atoms with Gasteiger partial charge in [-0.3, -0.25) is 0 Å². The number of nitrogens with zero attached hydrogens (tertiary/aromatic N) is 1. The van der Waals surface area contributed by atoms with Gasteiger partial charge in [0.25, 0.3) is 0 Å². The topological polar surface area (TPSA) is 3.24 Å². The van der Waals surface area contributed by atoms with Gasteiger partial charge in [-0.1, -0.05) is 60.2 Å². The Hall–Kier alpha value is -2.54. The molecule has 0 saturated heterocycles. The zero-order chi connectivity index (χ0) is 17.8. The fourth-order valence-corrected chi connectivity index (χ4v) is 3.30. The van der Waals surface area contributed by atoms with Gasteiger partial charge in [0.05, 0.1) is 0 Å². The average Bonchev–Trinajstić information content (AvgIpc) is 2.86. The van der Waals surface area contributed by atoms with Gasteiger partial charge in [-0.25, -0.2) is 0 Å². The van der Waals surface area contributed by atoms with Gasteiger partial charge in [0.15, 0.2) is 0 Å². The highest BCUT2D eigenvalue weighted by molar-refractivity contribution is 5.60. The quantitative estimate of drug-likeness (QED) is 0.634. The Morgan fingerprint density at radius 1 is 0.800 bits per heavy atom. The van der Waals surface area contributed by atoms with Crippen molar-refractivity contribution in [2.45, 2.75) is 40.7 Å². The van der Waals surface area contributed by atoms with E-state index in [-0.39, 0.29) is 0 Å². The predicted molar refractivity (Wildman–Crippen MR) is 109 cm³/mol. The summed E-state index contributed by atoms with van der Waals surface area (Å²) in [5, 5.41) is 0. The van der Waals surface area contributed by atoms with E-state index in [1.807, 2.05) is 0 Å². The van der Waals surface area contributed by atoms with E-state index >= 15 is 0 Å². The lowest BCUT2D eigenvalue weighted by Gasteiger charge is -2.29. The molecule has 1 aliphatic rings. The van der Waals surface area contributed by atoms with E-state index < -0.39 is 0 Å². The number of allylic oxidation sites excluding steroid dienone is 5. The highest BCUT2D eigenvalue weighted by Gasteiger charge is 2.15. The third kappa shape index (κ3) is 4.11. The maximum atomic E-state index is 2.46. The monoisotopic (exact) mass is 329 g/mol. The number of anilines is 1. The molecule has 1 heteroatoms. The summed E-state index contributed by atoms with van der Waals surface area (Å²) < 4.78 is 0. The molecule has 1 nitrogen and oxygen atoms in total. The number of aryl methyl sites for hydroxylation is 4. The third-order valence-corrected chi connectivity index (χ3v) is 4.88. The molecule has 128 valence electrons. The van der Waals surface area contributed by atoms with Crippen molar-refractivity contribution in [2.24, 2.45) is 0 Å². The van der Waals surface area contributed by atoms with Crippen molar-refractivity contribution in [3.8, 4) is 0 Å². The zero-order valence-electron chi connectivity index (χ0n) is 15.7. The van der Waals surface area contributed by atoms with Crippen LogP contribution in [0, 0.1) is 27.7 Å². The molecule has 0 radical (unpaired) electrons. The zero-order valence-corrected chi connectivity index (χ0v) is 15.7. The van der Waals surface area contributed by atoms with Gasteiger partial charge >= 0.3 is 0 Å². The van der Waals surface area contributed by atoms with Crippen molar-refractivity contribution in [1.82, 2.24) is 0 Å². The van der Waals surface area contributed by atoms with Crippen molar-refractivity contribution in [3.05, 3.63) is 100 Å². The van der Waals surface area contributed by atoms with Gasteiger partial charge < -0.3 is 4.90 Å². The summed E-state index contributed by atoms with van der Waals surface area (Å²) >= 11 is 0. The first-order valence-corrected chi connectivity index (χ1v) is 8.98. The molecule has 0 spiro atoms. The molecule has 0 saturated carbocycles. The minimum atomic E-state index is 0.887. The van der Waals surface area contributed by atoms with E-state index in [2.05, 4.69) is 99.4 Å². The molecule has 0 bridgehead atoms. The summed E-state index contributed by atoms with van der Waals surface area (Å²) in [6, 6.07) is 13.5. The molecule has 0 atom stereocenters. The maximum absolute atomic E-state index is 2.46. The fraction of sp³-hybridized carbons (Fsp3) is 0.250. The van der Waals surface area contributed by atoms with Crippen molar-refractivity contribution in [1.29, 1.82) is 0 Å². The van der Waals surface area contributed by atoms with E-state index in [1.54, 1.807) is 0 Å². The third-order valence-electron chi connectivity index (χ3n) is 4.88. The molecule has 2 aromatic carbocycles. The van der Waals surface area contributed by atoms with Crippen LogP contribution in [0.1, 0.15) is 34.2 Å². The Bertz CT molecular complexity index is 852. The van der Waals surface area contributed by atoms with Gasteiger partial charge in [-0.05, 0) is 62.1 Å². The van der Waals surface area contributed by atoms with Gasteiger partial charge in [0.1, 0.15) is 0 Å². The molecule has 0 aliphatic heterocycles. The SMILES string of the molecule is Cc1ccc(N(Cc2ccc(C)c(C)c2)C2=CC=CC=CC2)c(C)c1. The molecular formula is C24H27N. The fourth-order valence-electron chi connectivity index (χ4n) is 3.30. The van der Waals surface area contributed by atoms with E-state index in [0.29, 0.717) is 0 Å². The Morgan fingerprint density at radius 2 is 1.64 bits per heavy atom. The number of rotatable bonds is 4. The molecular weight excluding hydrogens is 302 g/mol. The Labute approximate surface area is 152 Å². The summed E-state index contributed by atoms with van der Waals surface area (Å²) in [5.74, 6) is 0. The van der Waals surface area contributed by atoms with Crippen molar-refractivity contribution in [3.63, 3.8) is 0 Å². The van der Waals surface area contributed by atoms with E-state index in [9.17, 15) is 0 Å². The summed E-state index contributed by atoms with van der Waals surface area (Å²) in [4.78, 5) is 2.46. The second kappa shape index (κ2) is 7.57. The molecule has 0 amide bonds. The highest BCUT2D eigenvalue weighted by atomic mass is 15.1. The van der Waals surface area contributed by atoms with Crippen molar-refractivity contribution < 1.29 is 0 Å². The van der Waals surface area contributed by atoms with Crippen LogP contribution >= 0.6 is 0 Å². The highest BCUT2D eigenvalue weighted by Crippen LogP contribution is 2.29. The summed E-state index contributed by atoms with van der Waals surface area (Å²) in [6.07, 6.45) is 11.8. The summed E-state index contributed by atoms with van der Waals surface area (Å²) in [5.41, 5.74) is 9.30. The second-order valence-corrected chi connectivity index (χ2v) is 6.97. The van der Waals surface area contributed by atoms with E-state index in [0.717, 1.165) is 13.0 Å². The van der Waals surface area contributed by atoms with Gasteiger partial charge in [-0.15, -0.1) is 0 Å².